The maximum absolute atomic E-state index is 7.95. The number of hydrogen-bond acceptors (Lipinski definition) is 4. The molecule has 0 amide bonds. The summed E-state index contributed by atoms with van der Waals surface area (Å²) in [5, 5.41) is 4.73. The summed E-state index contributed by atoms with van der Waals surface area (Å²) in [6.07, 6.45) is 1.84. The van der Waals surface area contributed by atoms with Crippen LogP contribution in [0, 0.1) is 19.1 Å². The van der Waals surface area contributed by atoms with Crippen LogP contribution in [0.2, 0.25) is 0 Å². The SMILES string of the molecule is [2H]C([2H])([2H])N1[OH+]N(c2[c-]c(Oc3[c-]c4c(cc3)c3ccccc3n4-c3cc(-c4ccccc4C)ccn3)ccc2)c2ccccc21.[Pt]. The second-order valence-electron chi connectivity index (χ2n) is 10.4. The summed E-state index contributed by atoms with van der Waals surface area (Å²) < 4.78 is 32.3. The number of hydrogen-bond donors (Lipinski definition) is 0. The third-order valence-corrected chi connectivity index (χ3v) is 7.71. The molecular weight excluding hydrogens is 728 g/mol. The van der Waals surface area contributed by atoms with E-state index in [1.807, 2.05) is 72.9 Å². The molecule has 44 heavy (non-hydrogen) atoms. The minimum Gasteiger partial charge on any atom is -0.509 e. The molecule has 0 radical (unpaired) electrons. The van der Waals surface area contributed by atoms with Crippen molar-refractivity contribution in [2.45, 2.75) is 6.92 Å². The van der Waals surface area contributed by atoms with E-state index >= 15 is 0 Å². The van der Waals surface area contributed by atoms with Crippen LogP contribution in [0.1, 0.15) is 9.68 Å². The first-order valence-corrected chi connectivity index (χ1v) is 13.9. The Labute approximate surface area is 274 Å². The summed E-state index contributed by atoms with van der Waals surface area (Å²) in [5.74, 6) is 1.72. The molecule has 0 unspecified atom stereocenters. The number of fused-ring (bicyclic) bond motifs is 4. The molecule has 0 bridgehead atoms. The van der Waals surface area contributed by atoms with Gasteiger partial charge >= 0.3 is 0 Å². The number of anilines is 3. The quantitative estimate of drug-likeness (QED) is 0.130. The Bertz CT molecular complexity index is 2270. The zero-order valence-electron chi connectivity index (χ0n) is 26.5. The van der Waals surface area contributed by atoms with Gasteiger partial charge in [0.05, 0.1) is 11.1 Å². The van der Waals surface area contributed by atoms with Gasteiger partial charge in [0, 0.05) is 50.0 Å². The molecule has 1 aliphatic rings. The average Bonchev–Trinajstić information content (AvgIpc) is 3.62. The monoisotopic (exact) mass is 757 g/mol. The largest absolute Gasteiger partial charge is 0.509 e. The third kappa shape index (κ3) is 4.73. The van der Waals surface area contributed by atoms with Crippen LogP contribution in [0.25, 0.3) is 38.8 Å². The Kier molecular flexibility index (Phi) is 6.30. The molecule has 6 nitrogen and oxygen atoms in total. The van der Waals surface area contributed by atoms with Crippen LogP contribution in [0.15, 0.2) is 121 Å². The Morgan fingerprint density at radius 1 is 0.773 bits per heavy atom. The van der Waals surface area contributed by atoms with Crippen LogP contribution < -0.4 is 14.9 Å². The molecule has 218 valence electrons. The van der Waals surface area contributed by atoms with E-state index < -0.39 is 6.98 Å². The molecule has 7 heteroatoms. The van der Waals surface area contributed by atoms with E-state index in [2.05, 4.69) is 58.9 Å². The zero-order chi connectivity index (χ0) is 31.4. The van der Waals surface area contributed by atoms with Crippen molar-refractivity contribution in [3.05, 3.63) is 139 Å². The zero-order valence-corrected chi connectivity index (χ0v) is 25.8. The van der Waals surface area contributed by atoms with Crippen LogP contribution in [0.3, 0.4) is 0 Å². The Morgan fingerprint density at radius 2 is 1.57 bits per heavy atom. The van der Waals surface area contributed by atoms with Gasteiger partial charge in [0.15, 0.2) is 0 Å². The molecule has 1 N–H and O–H groups in total. The van der Waals surface area contributed by atoms with Gasteiger partial charge in [-0.2, -0.15) is 17.1 Å². The second kappa shape index (κ2) is 11.3. The van der Waals surface area contributed by atoms with Gasteiger partial charge in [0.1, 0.15) is 17.2 Å². The van der Waals surface area contributed by atoms with E-state index in [0.717, 1.165) is 43.8 Å². The van der Waals surface area contributed by atoms with E-state index in [-0.39, 0.29) is 21.1 Å². The van der Waals surface area contributed by atoms with Gasteiger partial charge in [0.25, 0.3) is 0 Å². The summed E-state index contributed by atoms with van der Waals surface area (Å²) in [4.78, 5) is 9.17. The number of para-hydroxylation sites is 3. The molecule has 0 atom stereocenters. The standard InChI is InChI=1S/C37H26N4O2.Pt/c1-25-10-3-4-13-30(25)26-20-21-38-37(22-26)40-33-15-6-5-14-31(33)32-19-18-29(24-36(32)40)42-28-12-9-11-27(23-28)41-35-17-8-7-16-34(35)39(2)43-41;/h3-22H,1-2H3;/q-2;/p+1/i2D3;. The van der Waals surface area contributed by atoms with Crippen LogP contribution in [-0.2, 0) is 21.1 Å². The first-order valence-electron chi connectivity index (χ1n) is 15.4. The fraction of sp³-hybridized carbons (Fsp3) is 0.0541. The van der Waals surface area contributed by atoms with E-state index in [0.29, 0.717) is 28.6 Å². The fourth-order valence-corrected chi connectivity index (χ4v) is 5.70. The predicted molar refractivity (Wildman–Crippen MR) is 172 cm³/mol. The summed E-state index contributed by atoms with van der Waals surface area (Å²) in [6.45, 7) is -0.324. The van der Waals surface area contributed by atoms with Crippen molar-refractivity contribution < 1.29 is 34.9 Å². The molecule has 0 fully saturated rings. The number of aromatic nitrogens is 2. The van der Waals surface area contributed by atoms with Gasteiger partial charge in [-0.25, -0.2) is 4.98 Å². The summed E-state index contributed by atoms with van der Waals surface area (Å²) in [5.41, 5.74) is 6.97. The van der Waals surface area contributed by atoms with Crippen molar-refractivity contribution in [2.24, 2.45) is 0 Å². The number of nitrogens with zero attached hydrogens (tertiary/aromatic N) is 4. The van der Waals surface area contributed by atoms with Crippen molar-refractivity contribution in [1.82, 2.24) is 9.55 Å². The molecule has 3 heterocycles. The van der Waals surface area contributed by atoms with Crippen LogP contribution in [-0.4, -0.2) is 21.5 Å². The van der Waals surface area contributed by atoms with Gasteiger partial charge in [-0.3, -0.25) is 0 Å². The van der Waals surface area contributed by atoms with Crippen molar-refractivity contribution in [2.75, 3.05) is 17.1 Å². The molecular formula is C37H27N4O2Pt-. The molecule has 0 spiro atoms. The van der Waals surface area contributed by atoms with Gasteiger partial charge in [-0.1, -0.05) is 60.1 Å². The molecule has 8 rings (SSSR count). The maximum Gasteiger partial charge on any atom is 0.145 e. The molecule has 0 saturated heterocycles. The number of ether oxygens (including phenoxy) is 1. The van der Waals surface area contributed by atoms with E-state index in [1.165, 1.54) is 5.56 Å². The smallest absolute Gasteiger partial charge is 0.145 e. The summed E-state index contributed by atoms with van der Waals surface area (Å²) in [7, 11) is 0. The first kappa shape index (κ1) is 24.5. The second-order valence-corrected chi connectivity index (χ2v) is 10.4. The molecule has 2 aromatic heterocycles. The Hall–Kier alpha value is -4.90. The summed E-state index contributed by atoms with van der Waals surface area (Å²) >= 11 is 0. The minimum absolute atomic E-state index is 0. The van der Waals surface area contributed by atoms with Crippen molar-refractivity contribution in [3.63, 3.8) is 0 Å². The molecule has 5 aromatic carbocycles. The van der Waals surface area contributed by atoms with Crippen LogP contribution in [0.5, 0.6) is 11.5 Å². The van der Waals surface area contributed by atoms with Gasteiger partial charge in [-0.05, 0) is 59.3 Å². The topological polar surface area (TPSA) is 46.3 Å². The Balaban J connectivity index is 0.00000351. The number of benzene rings is 5. The maximum atomic E-state index is 7.95. The molecule has 7 aromatic rings. The van der Waals surface area contributed by atoms with Gasteiger partial charge < -0.3 is 9.30 Å². The van der Waals surface area contributed by atoms with E-state index in [4.69, 9.17) is 13.8 Å². The van der Waals surface area contributed by atoms with Crippen LogP contribution >= 0.6 is 0 Å². The van der Waals surface area contributed by atoms with Crippen molar-refractivity contribution >= 4 is 38.9 Å². The van der Waals surface area contributed by atoms with E-state index in [1.54, 1.807) is 23.3 Å². The number of hydroxylamine groups is 1. The van der Waals surface area contributed by atoms with Crippen molar-refractivity contribution in [1.29, 1.82) is 0 Å². The molecule has 1 aliphatic heterocycles. The van der Waals surface area contributed by atoms with Gasteiger partial charge in [-0.15, -0.1) is 45.8 Å². The van der Waals surface area contributed by atoms with Gasteiger partial charge in [0.2, 0.25) is 0 Å². The van der Waals surface area contributed by atoms with Crippen LogP contribution in [0.4, 0.5) is 17.1 Å². The van der Waals surface area contributed by atoms with Crippen molar-refractivity contribution in [3.8, 4) is 28.4 Å². The first-order chi connectivity index (χ1) is 22.3. The number of rotatable bonds is 5. The number of pyridine rings is 1. The third-order valence-electron chi connectivity index (χ3n) is 7.71. The fourth-order valence-electron chi connectivity index (χ4n) is 5.70. The van der Waals surface area contributed by atoms with E-state index in [9.17, 15) is 0 Å². The Morgan fingerprint density at radius 3 is 2.45 bits per heavy atom. The normalized spacial score (nSPS) is 13.7. The average molecular weight is 758 g/mol. The molecule has 0 saturated carbocycles. The predicted octanol–water partition coefficient (Wildman–Crippen LogP) is 8.97. The number of aryl methyl sites for hydroxylation is 1. The molecule has 0 aliphatic carbocycles. The summed E-state index contributed by atoms with van der Waals surface area (Å²) in [6, 6.07) is 44.0. The minimum atomic E-state index is -2.43.